The van der Waals surface area contributed by atoms with Gasteiger partial charge in [-0.1, -0.05) is 12.1 Å². The van der Waals surface area contributed by atoms with Crippen molar-refractivity contribution >= 4 is 11.3 Å². The Bertz CT molecular complexity index is 843. The quantitative estimate of drug-likeness (QED) is 0.636. The Morgan fingerprint density at radius 2 is 2.05 bits per heavy atom. The van der Waals surface area contributed by atoms with Crippen LogP contribution in [0.3, 0.4) is 0 Å². The summed E-state index contributed by atoms with van der Waals surface area (Å²) in [5, 5.41) is 2.94. The Labute approximate surface area is 133 Å². The maximum absolute atomic E-state index is 13.4. The number of thiazole rings is 1. The summed E-state index contributed by atoms with van der Waals surface area (Å²) in [5.74, 6) is -0.221. The summed E-state index contributed by atoms with van der Waals surface area (Å²) in [4.78, 5) is 4.73. The molecule has 1 saturated carbocycles. The van der Waals surface area contributed by atoms with E-state index in [2.05, 4.69) is 29.9 Å². The first-order chi connectivity index (χ1) is 10.6. The van der Waals surface area contributed by atoms with Gasteiger partial charge in [0.15, 0.2) is 0 Å². The fraction of sp³-hybridized carbons (Fsp3) is 0.278. The third kappa shape index (κ3) is 2.28. The molecule has 112 valence electrons. The van der Waals surface area contributed by atoms with Crippen molar-refractivity contribution in [3.63, 3.8) is 0 Å². The van der Waals surface area contributed by atoms with E-state index in [9.17, 15) is 4.39 Å². The van der Waals surface area contributed by atoms with Gasteiger partial charge in [0.05, 0.1) is 5.69 Å². The van der Waals surface area contributed by atoms with Crippen LogP contribution in [0.5, 0.6) is 0 Å². The molecule has 1 aromatic carbocycles. The van der Waals surface area contributed by atoms with Crippen molar-refractivity contribution in [2.75, 3.05) is 0 Å². The molecule has 0 bridgehead atoms. The topological polar surface area (TPSA) is 17.8 Å². The summed E-state index contributed by atoms with van der Waals surface area (Å²) < 4.78 is 15.8. The Hall–Kier alpha value is -1.94. The number of hydrogen-bond acceptors (Lipinski definition) is 2. The van der Waals surface area contributed by atoms with Gasteiger partial charge in [-0.2, -0.15) is 0 Å². The summed E-state index contributed by atoms with van der Waals surface area (Å²) in [7, 11) is 0. The minimum Gasteiger partial charge on any atom is -0.345 e. The fourth-order valence-electron chi connectivity index (χ4n) is 3.08. The second kappa shape index (κ2) is 5.06. The zero-order valence-corrected chi connectivity index (χ0v) is 13.5. The van der Waals surface area contributed by atoms with Crippen LogP contribution in [0.15, 0.2) is 35.7 Å². The number of aryl methyl sites for hydroxylation is 1. The predicted molar refractivity (Wildman–Crippen MR) is 88.7 cm³/mol. The molecule has 0 N–H and O–H groups in total. The molecular weight excluding hydrogens is 295 g/mol. The zero-order chi connectivity index (χ0) is 15.3. The van der Waals surface area contributed by atoms with Gasteiger partial charge in [0.25, 0.3) is 0 Å². The van der Waals surface area contributed by atoms with Crippen LogP contribution < -0.4 is 0 Å². The van der Waals surface area contributed by atoms with Crippen LogP contribution in [0.2, 0.25) is 0 Å². The first kappa shape index (κ1) is 13.7. The van der Waals surface area contributed by atoms with E-state index in [1.807, 2.05) is 6.07 Å². The molecule has 1 aliphatic carbocycles. The number of hydrogen-bond donors (Lipinski definition) is 0. The van der Waals surface area contributed by atoms with E-state index in [0.29, 0.717) is 6.04 Å². The Morgan fingerprint density at radius 1 is 1.23 bits per heavy atom. The van der Waals surface area contributed by atoms with E-state index in [1.165, 1.54) is 41.9 Å². The molecule has 2 nitrogen and oxygen atoms in total. The summed E-state index contributed by atoms with van der Waals surface area (Å²) in [5.41, 5.74) is 5.62. The van der Waals surface area contributed by atoms with Gasteiger partial charge in [-0.15, -0.1) is 11.3 Å². The molecule has 22 heavy (non-hydrogen) atoms. The number of halogens is 1. The molecule has 0 radical (unpaired) electrons. The monoisotopic (exact) mass is 312 g/mol. The lowest BCUT2D eigenvalue weighted by Gasteiger charge is -2.06. The van der Waals surface area contributed by atoms with Gasteiger partial charge in [-0.05, 0) is 44.9 Å². The standard InChI is InChI=1S/C18H17FN2S/c1-11-8-16(12(2)21(11)15-6-7-15)17-10-22-18(20-17)13-4-3-5-14(19)9-13/h3-5,8-10,15H,6-7H2,1-2H3. The number of aromatic nitrogens is 2. The Morgan fingerprint density at radius 3 is 2.77 bits per heavy atom. The molecular formula is C18H17FN2S. The first-order valence-corrected chi connectivity index (χ1v) is 8.41. The van der Waals surface area contributed by atoms with Gasteiger partial charge in [0.2, 0.25) is 0 Å². The highest BCUT2D eigenvalue weighted by molar-refractivity contribution is 7.13. The highest BCUT2D eigenvalue weighted by Gasteiger charge is 2.27. The number of nitrogens with zero attached hydrogens (tertiary/aromatic N) is 2. The third-order valence-corrected chi connectivity index (χ3v) is 5.14. The lowest BCUT2D eigenvalue weighted by Crippen LogP contribution is -1.98. The van der Waals surface area contributed by atoms with Crippen LogP contribution in [0.4, 0.5) is 4.39 Å². The number of rotatable bonds is 3. The average molecular weight is 312 g/mol. The van der Waals surface area contributed by atoms with Crippen molar-refractivity contribution in [3.8, 4) is 21.8 Å². The van der Waals surface area contributed by atoms with Crippen molar-refractivity contribution in [1.82, 2.24) is 9.55 Å². The summed E-state index contributed by atoms with van der Waals surface area (Å²) in [6.07, 6.45) is 2.56. The molecule has 1 fully saturated rings. The van der Waals surface area contributed by atoms with E-state index in [4.69, 9.17) is 4.98 Å². The summed E-state index contributed by atoms with van der Waals surface area (Å²) in [6.45, 7) is 4.33. The van der Waals surface area contributed by atoms with Gasteiger partial charge in [0.1, 0.15) is 10.8 Å². The summed E-state index contributed by atoms with van der Waals surface area (Å²) >= 11 is 1.57. The molecule has 0 spiro atoms. The Kier molecular flexibility index (Phi) is 3.15. The van der Waals surface area contributed by atoms with E-state index < -0.39 is 0 Å². The largest absolute Gasteiger partial charge is 0.345 e. The molecule has 4 heteroatoms. The lowest BCUT2D eigenvalue weighted by atomic mass is 10.2. The van der Waals surface area contributed by atoms with Crippen molar-refractivity contribution in [1.29, 1.82) is 0 Å². The van der Waals surface area contributed by atoms with Crippen LogP contribution in [0.1, 0.15) is 30.3 Å². The fourth-order valence-corrected chi connectivity index (χ4v) is 3.90. The van der Waals surface area contributed by atoms with E-state index >= 15 is 0 Å². The van der Waals surface area contributed by atoms with Crippen LogP contribution in [0.25, 0.3) is 21.8 Å². The van der Waals surface area contributed by atoms with Crippen LogP contribution in [-0.4, -0.2) is 9.55 Å². The molecule has 2 heterocycles. The van der Waals surface area contributed by atoms with Crippen molar-refractivity contribution in [2.45, 2.75) is 32.7 Å². The van der Waals surface area contributed by atoms with Crippen LogP contribution >= 0.6 is 11.3 Å². The molecule has 4 rings (SSSR count). The Balaban J connectivity index is 1.74. The van der Waals surface area contributed by atoms with Crippen LogP contribution in [0, 0.1) is 19.7 Å². The molecule has 1 aliphatic rings. The van der Waals surface area contributed by atoms with Gasteiger partial charge in [0, 0.05) is 33.9 Å². The highest BCUT2D eigenvalue weighted by Crippen LogP contribution is 2.41. The minimum absolute atomic E-state index is 0.221. The van der Waals surface area contributed by atoms with Crippen molar-refractivity contribution in [2.24, 2.45) is 0 Å². The molecule has 0 unspecified atom stereocenters. The van der Waals surface area contributed by atoms with Gasteiger partial charge in [-0.25, -0.2) is 9.37 Å². The summed E-state index contributed by atoms with van der Waals surface area (Å²) in [6, 6.07) is 9.52. The predicted octanol–water partition coefficient (Wildman–Crippen LogP) is 5.37. The lowest BCUT2D eigenvalue weighted by molar-refractivity contribution is 0.628. The first-order valence-electron chi connectivity index (χ1n) is 7.54. The van der Waals surface area contributed by atoms with E-state index in [0.717, 1.165) is 16.3 Å². The molecule has 0 saturated heterocycles. The normalized spacial score (nSPS) is 14.5. The second-order valence-corrected chi connectivity index (χ2v) is 6.79. The van der Waals surface area contributed by atoms with Gasteiger partial charge < -0.3 is 4.57 Å². The molecule has 0 aliphatic heterocycles. The molecule has 0 atom stereocenters. The smallest absolute Gasteiger partial charge is 0.124 e. The van der Waals surface area contributed by atoms with E-state index in [-0.39, 0.29) is 5.82 Å². The average Bonchev–Trinajstić information content (AvgIpc) is 3.11. The maximum Gasteiger partial charge on any atom is 0.124 e. The number of benzene rings is 1. The maximum atomic E-state index is 13.4. The van der Waals surface area contributed by atoms with Crippen LogP contribution in [-0.2, 0) is 0 Å². The molecule has 3 aromatic rings. The molecule has 2 aromatic heterocycles. The molecule has 0 amide bonds. The zero-order valence-electron chi connectivity index (χ0n) is 12.6. The van der Waals surface area contributed by atoms with Crippen molar-refractivity contribution < 1.29 is 4.39 Å². The second-order valence-electron chi connectivity index (χ2n) is 5.93. The van der Waals surface area contributed by atoms with Gasteiger partial charge >= 0.3 is 0 Å². The van der Waals surface area contributed by atoms with Gasteiger partial charge in [-0.3, -0.25) is 0 Å². The highest BCUT2D eigenvalue weighted by atomic mass is 32.1. The SMILES string of the molecule is Cc1cc(-c2csc(-c3cccc(F)c3)n2)c(C)n1C1CC1. The van der Waals surface area contributed by atoms with Crippen molar-refractivity contribution in [3.05, 3.63) is 52.9 Å². The minimum atomic E-state index is -0.221. The third-order valence-electron chi connectivity index (χ3n) is 4.25. The van der Waals surface area contributed by atoms with E-state index in [1.54, 1.807) is 17.4 Å².